The molecule has 7 heteroatoms. The average Bonchev–Trinajstić information content (AvgIpc) is 3.24. The second kappa shape index (κ2) is 6.10. The quantitative estimate of drug-likeness (QED) is 0.723. The summed E-state index contributed by atoms with van der Waals surface area (Å²) in [5.74, 6) is 0.575. The van der Waals surface area contributed by atoms with Crippen molar-refractivity contribution < 1.29 is 0 Å². The number of nitrogens with zero attached hydrogens (tertiary/aromatic N) is 5. The molecule has 120 valence electrons. The van der Waals surface area contributed by atoms with E-state index < -0.39 is 0 Å². The highest BCUT2D eigenvalue weighted by molar-refractivity contribution is 6.28. The van der Waals surface area contributed by atoms with E-state index in [1.54, 1.807) is 12.1 Å². The van der Waals surface area contributed by atoms with E-state index in [1.165, 1.54) is 12.8 Å². The van der Waals surface area contributed by atoms with Gasteiger partial charge < -0.3 is 9.88 Å². The molecule has 1 aromatic carbocycles. The molecule has 0 bridgehead atoms. The van der Waals surface area contributed by atoms with Crippen molar-refractivity contribution in [3.8, 4) is 6.07 Å². The van der Waals surface area contributed by atoms with Crippen LogP contribution in [0, 0.1) is 11.3 Å². The van der Waals surface area contributed by atoms with Gasteiger partial charge in [-0.3, -0.25) is 0 Å². The van der Waals surface area contributed by atoms with Crippen LogP contribution < -0.4 is 5.32 Å². The van der Waals surface area contributed by atoms with Crippen molar-refractivity contribution in [3.63, 3.8) is 0 Å². The largest absolute Gasteiger partial charge is 0.338 e. The smallest absolute Gasteiger partial charge is 0.226 e. The van der Waals surface area contributed by atoms with E-state index in [0.29, 0.717) is 22.9 Å². The lowest BCUT2D eigenvalue weighted by atomic mass is 10.2. The van der Waals surface area contributed by atoms with Crippen molar-refractivity contribution in [2.75, 3.05) is 5.32 Å². The Morgan fingerprint density at radius 2 is 1.92 bits per heavy atom. The first kappa shape index (κ1) is 14.9. The summed E-state index contributed by atoms with van der Waals surface area (Å²) in [5, 5.41) is 12.3. The molecule has 2 heterocycles. The van der Waals surface area contributed by atoms with Crippen LogP contribution in [0.5, 0.6) is 0 Å². The highest BCUT2D eigenvalue weighted by Crippen LogP contribution is 2.33. The Kier molecular flexibility index (Phi) is 3.79. The molecule has 2 aromatic heterocycles. The minimum Gasteiger partial charge on any atom is -0.338 e. The van der Waals surface area contributed by atoms with Crippen LogP contribution in [0.15, 0.2) is 30.6 Å². The number of hydrogen-bond donors (Lipinski definition) is 1. The molecule has 0 spiro atoms. The zero-order valence-corrected chi connectivity index (χ0v) is 13.7. The van der Waals surface area contributed by atoms with E-state index in [0.717, 1.165) is 24.2 Å². The normalized spacial score (nSPS) is 14.8. The molecule has 1 saturated carbocycles. The van der Waals surface area contributed by atoms with Crippen molar-refractivity contribution in [3.05, 3.63) is 41.4 Å². The Morgan fingerprint density at radius 1 is 1.17 bits per heavy atom. The first-order valence-electron chi connectivity index (χ1n) is 7.92. The van der Waals surface area contributed by atoms with Crippen LogP contribution in [0.3, 0.4) is 0 Å². The van der Waals surface area contributed by atoms with Crippen molar-refractivity contribution >= 4 is 34.3 Å². The molecule has 1 fully saturated rings. The molecule has 1 N–H and O–H groups in total. The predicted molar refractivity (Wildman–Crippen MR) is 92.3 cm³/mol. The molecular weight excluding hydrogens is 324 g/mol. The predicted octanol–water partition coefficient (Wildman–Crippen LogP) is 4.21. The first-order valence-corrected chi connectivity index (χ1v) is 8.29. The van der Waals surface area contributed by atoms with Crippen LogP contribution in [-0.2, 0) is 0 Å². The van der Waals surface area contributed by atoms with Crippen molar-refractivity contribution in [1.29, 1.82) is 5.26 Å². The van der Waals surface area contributed by atoms with Gasteiger partial charge in [0.25, 0.3) is 0 Å². The van der Waals surface area contributed by atoms with E-state index in [4.69, 9.17) is 16.9 Å². The summed E-state index contributed by atoms with van der Waals surface area (Å²) in [7, 11) is 0. The van der Waals surface area contributed by atoms with E-state index in [2.05, 4.69) is 30.9 Å². The third kappa shape index (κ3) is 2.68. The maximum atomic E-state index is 8.88. The molecule has 6 nitrogen and oxygen atoms in total. The molecule has 3 aromatic rings. The zero-order valence-electron chi connectivity index (χ0n) is 12.9. The molecular formula is C17H15ClN6. The fourth-order valence-electron chi connectivity index (χ4n) is 3.19. The van der Waals surface area contributed by atoms with E-state index >= 15 is 0 Å². The number of hydrogen-bond acceptors (Lipinski definition) is 5. The standard InChI is InChI=1S/C17H15ClN6/c18-17-22-15(21-12-7-5-11(9-19)6-8-12)14-16(23-17)24(10-20-14)13-3-1-2-4-13/h5-8,10,13H,1-4H2,(H,21,22,23). The second-order valence-corrected chi connectivity index (χ2v) is 6.26. The molecule has 0 amide bonds. The number of imidazole rings is 1. The topological polar surface area (TPSA) is 79.4 Å². The summed E-state index contributed by atoms with van der Waals surface area (Å²) in [6.07, 6.45) is 6.59. The van der Waals surface area contributed by atoms with Gasteiger partial charge >= 0.3 is 0 Å². The van der Waals surface area contributed by atoms with Gasteiger partial charge in [0, 0.05) is 11.7 Å². The monoisotopic (exact) mass is 338 g/mol. The van der Waals surface area contributed by atoms with Crippen molar-refractivity contribution in [1.82, 2.24) is 19.5 Å². The highest BCUT2D eigenvalue weighted by Gasteiger charge is 2.21. The van der Waals surface area contributed by atoms with Gasteiger partial charge in [-0.25, -0.2) is 4.98 Å². The van der Waals surface area contributed by atoms with Crippen LogP contribution in [0.2, 0.25) is 5.28 Å². The zero-order chi connectivity index (χ0) is 16.5. The number of aromatic nitrogens is 4. The highest BCUT2D eigenvalue weighted by atomic mass is 35.5. The van der Waals surface area contributed by atoms with E-state index in [-0.39, 0.29) is 5.28 Å². The summed E-state index contributed by atoms with van der Waals surface area (Å²) in [5.41, 5.74) is 2.89. The molecule has 0 radical (unpaired) electrons. The fraction of sp³-hybridized carbons (Fsp3) is 0.294. The van der Waals surface area contributed by atoms with Crippen molar-refractivity contribution in [2.45, 2.75) is 31.7 Å². The van der Waals surface area contributed by atoms with Crippen LogP contribution in [0.4, 0.5) is 11.5 Å². The molecule has 0 atom stereocenters. The van der Waals surface area contributed by atoms with Gasteiger partial charge in [-0.15, -0.1) is 0 Å². The van der Waals surface area contributed by atoms with Gasteiger partial charge in [0.1, 0.15) is 0 Å². The fourth-order valence-corrected chi connectivity index (χ4v) is 3.36. The number of rotatable bonds is 3. The maximum Gasteiger partial charge on any atom is 0.226 e. The number of benzene rings is 1. The Hall–Kier alpha value is -2.65. The van der Waals surface area contributed by atoms with Crippen LogP contribution in [-0.4, -0.2) is 19.5 Å². The molecule has 4 rings (SSSR count). The molecule has 0 saturated heterocycles. The summed E-state index contributed by atoms with van der Waals surface area (Å²) in [6.45, 7) is 0. The summed E-state index contributed by atoms with van der Waals surface area (Å²) < 4.78 is 2.11. The SMILES string of the molecule is N#Cc1ccc(Nc2nc(Cl)nc3c2ncn3C2CCCC2)cc1. The number of nitriles is 1. The number of fused-ring (bicyclic) bond motifs is 1. The Morgan fingerprint density at radius 3 is 2.62 bits per heavy atom. The number of halogens is 1. The minimum atomic E-state index is 0.193. The Balaban J connectivity index is 1.73. The third-order valence-electron chi connectivity index (χ3n) is 4.39. The van der Waals surface area contributed by atoms with E-state index in [9.17, 15) is 0 Å². The van der Waals surface area contributed by atoms with Gasteiger partial charge in [-0.05, 0) is 48.7 Å². The number of anilines is 2. The van der Waals surface area contributed by atoms with Gasteiger partial charge in [-0.1, -0.05) is 12.8 Å². The Bertz CT molecular complexity index is 919. The lowest BCUT2D eigenvalue weighted by Gasteiger charge is -2.12. The van der Waals surface area contributed by atoms with Crippen LogP contribution in [0.25, 0.3) is 11.2 Å². The Labute approximate surface area is 144 Å². The third-order valence-corrected chi connectivity index (χ3v) is 4.56. The summed E-state index contributed by atoms with van der Waals surface area (Å²) in [4.78, 5) is 13.2. The average molecular weight is 339 g/mol. The maximum absolute atomic E-state index is 8.88. The van der Waals surface area contributed by atoms with Gasteiger partial charge in [0.2, 0.25) is 5.28 Å². The van der Waals surface area contributed by atoms with Crippen LogP contribution in [0.1, 0.15) is 37.3 Å². The van der Waals surface area contributed by atoms with Crippen LogP contribution >= 0.6 is 11.6 Å². The summed E-state index contributed by atoms with van der Waals surface area (Å²) in [6, 6.07) is 9.69. The molecule has 0 unspecified atom stereocenters. The van der Waals surface area contributed by atoms with Gasteiger partial charge in [0.05, 0.1) is 18.0 Å². The lowest BCUT2D eigenvalue weighted by molar-refractivity contribution is 0.529. The lowest BCUT2D eigenvalue weighted by Crippen LogP contribution is -2.05. The first-order chi connectivity index (χ1) is 11.7. The molecule has 1 aliphatic rings. The second-order valence-electron chi connectivity index (χ2n) is 5.92. The molecule has 0 aliphatic heterocycles. The van der Waals surface area contributed by atoms with Gasteiger partial charge in [0.15, 0.2) is 17.0 Å². The molecule has 24 heavy (non-hydrogen) atoms. The number of nitrogens with one attached hydrogen (secondary N) is 1. The van der Waals surface area contributed by atoms with Gasteiger partial charge in [-0.2, -0.15) is 15.2 Å². The molecule has 1 aliphatic carbocycles. The van der Waals surface area contributed by atoms with E-state index in [1.807, 2.05) is 18.5 Å². The van der Waals surface area contributed by atoms with Crippen molar-refractivity contribution in [2.24, 2.45) is 0 Å². The summed E-state index contributed by atoms with van der Waals surface area (Å²) >= 11 is 6.13. The minimum absolute atomic E-state index is 0.193.